The first kappa shape index (κ1) is 16.7. The summed E-state index contributed by atoms with van der Waals surface area (Å²) in [7, 11) is 3.45. The molecule has 0 aromatic heterocycles. The second-order valence-electron chi connectivity index (χ2n) is 5.30. The molecule has 1 N–H and O–H groups in total. The van der Waals surface area contributed by atoms with Crippen LogP contribution in [0.4, 0.5) is 0 Å². The summed E-state index contributed by atoms with van der Waals surface area (Å²) in [6.07, 6.45) is 0. The first-order chi connectivity index (χ1) is 9.47. The molecule has 0 heterocycles. The van der Waals surface area contributed by atoms with E-state index >= 15 is 0 Å². The lowest BCUT2D eigenvalue weighted by Crippen LogP contribution is -2.57. The molecule has 1 unspecified atom stereocenters. The van der Waals surface area contributed by atoms with Crippen molar-refractivity contribution in [3.05, 3.63) is 35.9 Å². The third-order valence-corrected chi connectivity index (χ3v) is 3.65. The van der Waals surface area contributed by atoms with E-state index < -0.39 is 5.54 Å². The summed E-state index contributed by atoms with van der Waals surface area (Å²) in [6, 6.07) is 10.1. The predicted octanol–water partition coefficient (Wildman–Crippen LogP) is 2.00. The number of nitrogens with one attached hydrogen (secondary N) is 1. The number of hydrogen-bond acceptors (Lipinski definition) is 4. The summed E-state index contributed by atoms with van der Waals surface area (Å²) >= 11 is 0. The fraction of sp³-hybridized carbons (Fsp3) is 0.562. The van der Waals surface area contributed by atoms with Gasteiger partial charge in [0.05, 0.1) is 7.11 Å². The number of esters is 1. The van der Waals surface area contributed by atoms with E-state index in [1.165, 1.54) is 7.11 Å². The van der Waals surface area contributed by atoms with Crippen molar-refractivity contribution in [2.75, 3.05) is 27.2 Å². The fourth-order valence-corrected chi connectivity index (χ4v) is 2.26. The number of methoxy groups -OCH3 is 1. The normalized spacial score (nSPS) is 14.3. The van der Waals surface area contributed by atoms with E-state index in [1.54, 1.807) is 0 Å². The largest absolute Gasteiger partial charge is 0.467 e. The molecular weight excluding hydrogens is 252 g/mol. The second-order valence-corrected chi connectivity index (χ2v) is 5.30. The fourth-order valence-electron chi connectivity index (χ4n) is 2.26. The molecule has 4 nitrogen and oxygen atoms in total. The number of carbonyl (C=O) groups excluding carboxylic acids is 1. The van der Waals surface area contributed by atoms with Crippen LogP contribution in [0, 0.1) is 0 Å². The van der Waals surface area contributed by atoms with Crippen LogP contribution >= 0.6 is 0 Å². The van der Waals surface area contributed by atoms with Crippen LogP contribution in [0.25, 0.3) is 0 Å². The summed E-state index contributed by atoms with van der Waals surface area (Å²) < 4.78 is 5.08. The van der Waals surface area contributed by atoms with Crippen molar-refractivity contribution in [1.29, 1.82) is 0 Å². The van der Waals surface area contributed by atoms with Gasteiger partial charge in [-0.2, -0.15) is 0 Å². The number of hydrogen-bond donors (Lipinski definition) is 1. The van der Waals surface area contributed by atoms with Gasteiger partial charge in [0.1, 0.15) is 0 Å². The van der Waals surface area contributed by atoms with E-state index in [1.807, 2.05) is 44.3 Å². The molecule has 1 aromatic rings. The Kier molecular flexibility index (Phi) is 6.17. The first-order valence-corrected chi connectivity index (χ1v) is 7.07. The van der Waals surface area contributed by atoms with Crippen LogP contribution in [0.5, 0.6) is 0 Å². The van der Waals surface area contributed by atoms with Crippen LogP contribution in [0.1, 0.15) is 26.3 Å². The van der Waals surface area contributed by atoms with E-state index in [9.17, 15) is 4.79 Å². The van der Waals surface area contributed by atoms with E-state index in [4.69, 9.17) is 4.74 Å². The Morgan fingerprint density at radius 2 is 1.95 bits per heavy atom. The summed E-state index contributed by atoms with van der Waals surface area (Å²) in [5.74, 6) is -0.252. The molecule has 0 saturated heterocycles. The molecular formula is C16H26N2O2. The number of rotatable bonds is 7. The Labute approximate surface area is 122 Å². The second kappa shape index (κ2) is 7.41. The van der Waals surface area contributed by atoms with Crippen molar-refractivity contribution in [3.8, 4) is 0 Å². The van der Waals surface area contributed by atoms with Crippen molar-refractivity contribution >= 4 is 5.97 Å². The van der Waals surface area contributed by atoms with Crippen LogP contribution in [0.3, 0.4) is 0 Å². The molecule has 0 aliphatic heterocycles. The molecule has 112 valence electrons. The van der Waals surface area contributed by atoms with Gasteiger partial charge in [0.15, 0.2) is 5.54 Å². The van der Waals surface area contributed by atoms with Gasteiger partial charge in [-0.1, -0.05) is 37.3 Å². The average Bonchev–Trinajstić information content (AvgIpc) is 2.46. The highest BCUT2D eigenvalue weighted by Crippen LogP contribution is 2.24. The van der Waals surface area contributed by atoms with Gasteiger partial charge in [-0.15, -0.1) is 0 Å². The standard InChI is InChI=1S/C16H26N2O2/c1-6-17-16(15(19)20-5,12-18(4)13(2)3)14-10-8-7-9-11-14/h7-11,13,17H,6,12H2,1-5H3. The van der Waals surface area contributed by atoms with Crippen LogP contribution in [-0.4, -0.2) is 44.2 Å². The van der Waals surface area contributed by atoms with Crippen molar-refractivity contribution in [3.63, 3.8) is 0 Å². The van der Waals surface area contributed by atoms with Gasteiger partial charge in [-0.05, 0) is 33.0 Å². The summed E-state index contributed by atoms with van der Waals surface area (Å²) in [5, 5.41) is 3.33. The van der Waals surface area contributed by atoms with Crippen LogP contribution in [-0.2, 0) is 15.1 Å². The SMILES string of the molecule is CCNC(CN(C)C(C)C)(C(=O)OC)c1ccccc1. The zero-order valence-corrected chi connectivity index (χ0v) is 13.1. The lowest BCUT2D eigenvalue weighted by atomic mass is 9.88. The minimum Gasteiger partial charge on any atom is -0.467 e. The number of likely N-dealkylation sites (N-methyl/N-ethyl adjacent to an activating group) is 2. The highest BCUT2D eigenvalue weighted by Gasteiger charge is 2.41. The molecule has 0 fully saturated rings. The molecule has 20 heavy (non-hydrogen) atoms. The van der Waals surface area contributed by atoms with E-state index in [0.717, 1.165) is 5.56 Å². The smallest absolute Gasteiger partial charge is 0.332 e. The predicted molar refractivity (Wildman–Crippen MR) is 81.6 cm³/mol. The summed E-state index contributed by atoms with van der Waals surface area (Å²) in [5.41, 5.74) is 0.102. The minimum atomic E-state index is -0.830. The van der Waals surface area contributed by atoms with Gasteiger partial charge in [0, 0.05) is 12.6 Å². The molecule has 0 bridgehead atoms. The lowest BCUT2D eigenvalue weighted by molar-refractivity contribution is -0.150. The number of benzene rings is 1. The van der Waals surface area contributed by atoms with E-state index in [0.29, 0.717) is 19.1 Å². The van der Waals surface area contributed by atoms with Crippen molar-refractivity contribution in [2.45, 2.75) is 32.4 Å². The minimum absolute atomic E-state index is 0.252. The lowest BCUT2D eigenvalue weighted by Gasteiger charge is -2.37. The molecule has 0 saturated carbocycles. The molecule has 1 rings (SSSR count). The number of ether oxygens (including phenoxy) is 1. The topological polar surface area (TPSA) is 41.6 Å². The third kappa shape index (κ3) is 3.58. The van der Waals surface area contributed by atoms with E-state index in [-0.39, 0.29) is 5.97 Å². The quantitative estimate of drug-likeness (QED) is 0.775. The van der Waals surface area contributed by atoms with Crippen molar-refractivity contribution in [2.24, 2.45) is 0 Å². The Morgan fingerprint density at radius 1 is 1.35 bits per heavy atom. The summed E-state index contributed by atoms with van der Waals surface area (Å²) in [4.78, 5) is 14.6. The van der Waals surface area contributed by atoms with E-state index in [2.05, 4.69) is 24.1 Å². The van der Waals surface area contributed by atoms with Gasteiger partial charge in [0.2, 0.25) is 0 Å². The van der Waals surface area contributed by atoms with Crippen LogP contribution in [0.15, 0.2) is 30.3 Å². The number of nitrogens with zero attached hydrogens (tertiary/aromatic N) is 1. The van der Waals surface area contributed by atoms with Crippen molar-refractivity contribution < 1.29 is 9.53 Å². The van der Waals surface area contributed by atoms with Gasteiger partial charge < -0.3 is 9.64 Å². The van der Waals surface area contributed by atoms with Crippen LogP contribution in [0.2, 0.25) is 0 Å². The highest BCUT2D eigenvalue weighted by molar-refractivity contribution is 5.83. The third-order valence-electron chi connectivity index (χ3n) is 3.65. The highest BCUT2D eigenvalue weighted by atomic mass is 16.5. The zero-order chi connectivity index (χ0) is 15.2. The van der Waals surface area contributed by atoms with Gasteiger partial charge in [-0.25, -0.2) is 4.79 Å². The molecule has 0 amide bonds. The molecule has 4 heteroatoms. The summed E-state index contributed by atoms with van der Waals surface area (Å²) in [6.45, 7) is 7.47. The molecule has 0 aliphatic rings. The molecule has 1 atom stereocenters. The Bertz CT molecular complexity index is 420. The molecule has 1 aromatic carbocycles. The maximum absolute atomic E-state index is 12.5. The molecule has 0 aliphatic carbocycles. The average molecular weight is 278 g/mol. The zero-order valence-electron chi connectivity index (χ0n) is 13.1. The molecule has 0 spiro atoms. The first-order valence-electron chi connectivity index (χ1n) is 7.07. The Balaban J connectivity index is 3.24. The van der Waals surface area contributed by atoms with Gasteiger partial charge in [0.25, 0.3) is 0 Å². The Morgan fingerprint density at radius 3 is 2.40 bits per heavy atom. The number of carbonyl (C=O) groups is 1. The maximum Gasteiger partial charge on any atom is 0.332 e. The monoisotopic (exact) mass is 278 g/mol. The van der Waals surface area contributed by atoms with Crippen LogP contribution < -0.4 is 5.32 Å². The molecule has 0 radical (unpaired) electrons. The van der Waals surface area contributed by atoms with Crippen molar-refractivity contribution in [1.82, 2.24) is 10.2 Å². The maximum atomic E-state index is 12.5. The Hall–Kier alpha value is -1.39. The van der Waals surface area contributed by atoms with Gasteiger partial charge >= 0.3 is 5.97 Å². The van der Waals surface area contributed by atoms with Gasteiger partial charge in [-0.3, -0.25) is 5.32 Å².